The number of aryl methyl sites for hydroxylation is 1. The van der Waals surface area contributed by atoms with Gasteiger partial charge in [-0.25, -0.2) is 9.97 Å². The molecule has 0 atom stereocenters. The number of nitrogens with zero attached hydrogens (tertiary/aromatic N) is 2. The average Bonchev–Trinajstić information content (AvgIpc) is 2.34. The summed E-state index contributed by atoms with van der Waals surface area (Å²) >= 11 is 0. The third kappa shape index (κ3) is 3.12. The molecule has 0 amide bonds. The Morgan fingerprint density at radius 2 is 1.95 bits per heavy atom. The van der Waals surface area contributed by atoms with Crippen molar-refractivity contribution in [1.82, 2.24) is 9.97 Å². The van der Waals surface area contributed by atoms with Crippen LogP contribution in [-0.4, -0.2) is 27.6 Å². The van der Waals surface area contributed by atoms with Gasteiger partial charge in [0.25, 0.3) is 0 Å². The van der Waals surface area contributed by atoms with Crippen LogP contribution in [0.3, 0.4) is 0 Å². The summed E-state index contributed by atoms with van der Waals surface area (Å²) in [5, 5.41) is 10.8. The summed E-state index contributed by atoms with van der Waals surface area (Å²) in [7, 11) is 0. The number of carboxylic acid groups (broad SMARTS) is 1. The van der Waals surface area contributed by atoms with E-state index in [-0.39, 0.29) is 11.5 Å². The van der Waals surface area contributed by atoms with Gasteiger partial charge in [0.2, 0.25) is 5.95 Å². The van der Waals surface area contributed by atoms with Gasteiger partial charge in [-0.2, -0.15) is 13.2 Å². The molecule has 0 saturated carbocycles. The highest BCUT2D eigenvalue weighted by Gasteiger charge is 2.37. The van der Waals surface area contributed by atoms with Crippen LogP contribution in [0.15, 0.2) is 0 Å². The molecule has 0 saturated heterocycles. The molecule has 2 N–H and O–H groups in total. The molecule has 0 spiro atoms. The van der Waals surface area contributed by atoms with Gasteiger partial charge in [0.05, 0.1) is 0 Å². The molecular weight excluding hydrogens is 263 g/mol. The van der Waals surface area contributed by atoms with Gasteiger partial charge < -0.3 is 10.4 Å². The summed E-state index contributed by atoms with van der Waals surface area (Å²) in [6, 6.07) is 0. The molecule has 19 heavy (non-hydrogen) atoms. The van der Waals surface area contributed by atoms with Gasteiger partial charge in [0.1, 0.15) is 6.54 Å². The summed E-state index contributed by atoms with van der Waals surface area (Å²) in [4.78, 5) is 17.8. The van der Waals surface area contributed by atoms with Crippen LogP contribution in [0, 0.1) is 0 Å². The number of carbonyl (C=O) groups is 1. The highest BCUT2D eigenvalue weighted by Crippen LogP contribution is 2.35. The first-order chi connectivity index (χ1) is 8.88. The van der Waals surface area contributed by atoms with Crippen molar-refractivity contribution in [2.45, 2.75) is 31.9 Å². The molecule has 0 unspecified atom stereocenters. The summed E-state index contributed by atoms with van der Waals surface area (Å²) in [5.74, 6) is -1.47. The quantitative estimate of drug-likeness (QED) is 0.880. The Kier molecular flexibility index (Phi) is 3.59. The van der Waals surface area contributed by atoms with Crippen molar-refractivity contribution in [1.29, 1.82) is 0 Å². The van der Waals surface area contributed by atoms with Gasteiger partial charge in [0, 0.05) is 11.3 Å². The molecule has 2 rings (SSSR count). The molecule has 1 aromatic heterocycles. The lowest BCUT2D eigenvalue weighted by Crippen LogP contribution is -2.22. The third-order valence-corrected chi connectivity index (χ3v) is 2.85. The van der Waals surface area contributed by atoms with Crippen LogP contribution in [0.2, 0.25) is 0 Å². The number of nitrogens with one attached hydrogen (secondary N) is 1. The van der Waals surface area contributed by atoms with E-state index in [1.165, 1.54) is 0 Å². The summed E-state index contributed by atoms with van der Waals surface area (Å²) in [6.07, 6.45) is -2.32. The van der Waals surface area contributed by atoms with Crippen molar-refractivity contribution in [2.24, 2.45) is 0 Å². The zero-order valence-electron chi connectivity index (χ0n) is 9.92. The fraction of sp³-hybridized carbons (Fsp3) is 0.545. The first-order valence-corrected chi connectivity index (χ1v) is 5.80. The number of rotatable bonds is 3. The van der Waals surface area contributed by atoms with Crippen LogP contribution >= 0.6 is 0 Å². The minimum Gasteiger partial charge on any atom is -0.480 e. The van der Waals surface area contributed by atoms with E-state index in [0.717, 1.165) is 6.42 Å². The number of anilines is 1. The topological polar surface area (TPSA) is 75.1 Å². The molecular formula is C11H12F3N3O2. The number of hydrogen-bond acceptors (Lipinski definition) is 4. The smallest absolute Gasteiger partial charge is 0.433 e. The lowest BCUT2D eigenvalue weighted by atomic mass is 9.94. The molecule has 104 valence electrons. The first kappa shape index (κ1) is 13.6. The van der Waals surface area contributed by atoms with Crippen LogP contribution in [-0.2, 0) is 23.8 Å². The van der Waals surface area contributed by atoms with Gasteiger partial charge in [-0.3, -0.25) is 4.79 Å². The van der Waals surface area contributed by atoms with E-state index in [1.54, 1.807) is 0 Å². The number of hydrogen-bond donors (Lipinski definition) is 2. The van der Waals surface area contributed by atoms with Gasteiger partial charge in [-0.05, 0) is 25.7 Å². The van der Waals surface area contributed by atoms with E-state index in [9.17, 15) is 18.0 Å². The largest absolute Gasteiger partial charge is 0.480 e. The number of fused-ring (bicyclic) bond motifs is 1. The highest BCUT2D eigenvalue weighted by atomic mass is 19.4. The standard InChI is InChI=1S/C11H12F3N3O2/c12-11(13,14)9-6-3-1-2-4-7(6)16-10(17-9)15-5-8(18)19/h1-5H2,(H,18,19)(H,15,16,17). The van der Waals surface area contributed by atoms with E-state index < -0.39 is 24.4 Å². The van der Waals surface area contributed by atoms with Gasteiger partial charge in [-0.15, -0.1) is 0 Å². The molecule has 1 aliphatic rings. The lowest BCUT2D eigenvalue weighted by molar-refractivity contribution is -0.142. The number of aromatic nitrogens is 2. The van der Waals surface area contributed by atoms with Gasteiger partial charge in [-0.1, -0.05) is 0 Å². The molecule has 0 aromatic carbocycles. The molecule has 0 fully saturated rings. The number of aliphatic carboxylic acids is 1. The second kappa shape index (κ2) is 5.02. The Bertz CT molecular complexity index is 503. The van der Waals surface area contributed by atoms with Crippen LogP contribution < -0.4 is 5.32 Å². The Balaban J connectivity index is 2.39. The van der Waals surface area contributed by atoms with Crippen molar-refractivity contribution >= 4 is 11.9 Å². The monoisotopic (exact) mass is 275 g/mol. The Morgan fingerprint density at radius 1 is 1.26 bits per heavy atom. The third-order valence-electron chi connectivity index (χ3n) is 2.85. The SMILES string of the molecule is O=C(O)CNc1nc2c(c(C(F)(F)F)n1)CCCC2. The zero-order valence-corrected chi connectivity index (χ0v) is 9.92. The van der Waals surface area contributed by atoms with E-state index in [0.29, 0.717) is 25.0 Å². The van der Waals surface area contributed by atoms with Crippen molar-refractivity contribution in [3.8, 4) is 0 Å². The Morgan fingerprint density at radius 3 is 2.58 bits per heavy atom. The summed E-state index contributed by atoms with van der Waals surface area (Å²) < 4.78 is 38.8. The van der Waals surface area contributed by atoms with Crippen molar-refractivity contribution in [3.05, 3.63) is 17.0 Å². The van der Waals surface area contributed by atoms with E-state index in [1.807, 2.05) is 0 Å². The predicted molar refractivity (Wildman–Crippen MR) is 59.8 cm³/mol. The Labute approximate surface area is 106 Å². The minimum absolute atomic E-state index is 0.139. The number of carboxylic acids is 1. The molecule has 8 heteroatoms. The molecule has 5 nitrogen and oxygen atoms in total. The van der Waals surface area contributed by atoms with E-state index in [4.69, 9.17) is 5.11 Å². The van der Waals surface area contributed by atoms with Crippen LogP contribution in [0.25, 0.3) is 0 Å². The molecule has 0 bridgehead atoms. The second-order valence-electron chi connectivity index (χ2n) is 4.27. The van der Waals surface area contributed by atoms with Crippen LogP contribution in [0.1, 0.15) is 29.8 Å². The van der Waals surface area contributed by atoms with Crippen molar-refractivity contribution < 1.29 is 23.1 Å². The lowest BCUT2D eigenvalue weighted by Gasteiger charge is -2.20. The fourth-order valence-corrected chi connectivity index (χ4v) is 2.06. The predicted octanol–water partition coefficient (Wildman–Crippen LogP) is 1.87. The highest BCUT2D eigenvalue weighted by molar-refractivity contribution is 5.71. The fourth-order valence-electron chi connectivity index (χ4n) is 2.06. The number of alkyl halides is 3. The molecule has 1 aliphatic carbocycles. The summed E-state index contributed by atoms with van der Waals surface area (Å²) in [5.41, 5.74) is -0.453. The second-order valence-corrected chi connectivity index (χ2v) is 4.27. The van der Waals surface area contributed by atoms with Crippen LogP contribution in [0.4, 0.5) is 19.1 Å². The minimum atomic E-state index is -4.55. The normalized spacial score (nSPS) is 14.9. The first-order valence-electron chi connectivity index (χ1n) is 5.80. The van der Waals surface area contributed by atoms with Crippen molar-refractivity contribution in [2.75, 3.05) is 11.9 Å². The number of halogens is 3. The van der Waals surface area contributed by atoms with Gasteiger partial charge in [0.15, 0.2) is 5.69 Å². The van der Waals surface area contributed by atoms with Gasteiger partial charge >= 0.3 is 12.1 Å². The Hall–Kier alpha value is -1.86. The van der Waals surface area contributed by atoms with Crippen LogP contribution in [0.5, 0.6) is 0 Å². The average molecular weight is 275 g/mol. The maximum atomic E-state index is 12.9. The molecule has 0 aliphatic heterocycles. The van der Waals surface area contributed by atoms with Crippen molar-refractivity contribution in [3.63, 3.8) is 0 Å². The maximum Gasteiger partial charge on any atom is 0.433 e. The molecule has 1 aromatic rings. The zero-order chi connectivity index (χ0) is 14.0. The molecule has 0 radical (unpaired) electrons. The van der Waals surface area contributed by atoms with E-state index in [2.05, 4.69) is 15.3 Å². The molecule has 1 heterocycles. The maximum absolute atomic E-state index is 12.9. The summed E-state index contributed by atoms with van der Waals surface area (Å²) in [6.45, 7) is -0.518. The van der Waals surface area contributed by atoms with E-state index >= 15 is 0 Å².